The first kappa shape index (κ1) is 15.2. The van der Waals surface area contributed by atoms with Crippen molar-refractivity contribution in [3.8, 4) is 5.75 Å². The Morgan fingerprint density at radius 2 is 2.27 bits per heavy atom. The van der Waals surface area contributed by atoms with Gasteiger partial charge in [0.15, 0.2) is 0 Å². The molecule has 2 heterocycles. The van der Waals surface area contributed by atoms with Crippen LogP contribution >= 0.6 is 0 Å². The molecule has 0 aliphatic carbocycles. The zero-order chi connectivity index (χ0) is 15.6. The molecule has 0 bridgehead atoms. The summed E-state index contributed by atoms with van der Waals surface area (Å²) in [6, 6.07) is 5.72. The predicted molar refractivity (Wildman–Crippen MR) is 87.5 cm³/mol. The number of rotatable bonds is 2. The highest BCUT2D eigenvalue weighted by atomic mass is 16.5. The van der Waals surface area contributed by atoms with Gasteiger partial charge in [0.1, 0.15) is 5.75 Å². The first-order chi connectivity index (χ1) is 10.6. The number of urea groups is 1. The average molecular weight is 303 g/mol. The van der Waals surface area contributed by atoms with Gasteiger partial charge < -0.3 is 20.3 Å². The Bertz CT molecular complexity index is 553. The maximum absolute atomic E-state index is 12.5. The minimum Gasteiger partial charge on any atom is -0.497 e. The van der Waals surface area contributed by atoms with E-state index in [0.29, 0.717) is 5.41 Å². The number of hydrogen-bond donors (Lipinski definition) is 2. The van der Waals surface area contributed by atoms with Gasteiger partial charge in [-0.1, -0.05) is 0 Å². The summed E-state index contributed by atoms with van der Waals surface area (Å²) in [6.45, 7) is 5.84. The van der Waals surface area contributed by atoms with Gasteiger partial charge in [-0.05, 0) is 56.5 Å². The standard InChI is InChI=1S/C17H25N3O2/c1-13-10-14(22-2)4-5-15(13)19-16(21)20-9-7-17(12-20)6-3-8-18-11-17/h4-5,10,18H,3,6-9,11-12H2,1-2H3,(H,19,21)/t17-/m0/s1. The van der Waals surface area contributed by atoms with E-state index >= 15 is 0 Å². The molecule has 0 aromatic heterocycles. The van der Waals surface area contributed by atoms with Gasteiger partial charge >= 0.3 is 6.03 Å². The number of benzene rings is 1. The molecular formula is C17H25N3O2. The minimum atomic E-state index is 0.00992. The number of nitrogens with zero attached hydrogens (tertiary/aromatic N) is 1. The molecule has 2 aliphatic rings. The molecule has 0 unspecified atom stereocenters. The molecule has 3 rings (SSSR count). The van der Waals surface area contributed by atoms with Crippen molar-refractivity contribution in [3.05, 3.63) is 23.8 Å². The zero-order valence-electron chi connectivity index (χ0n) is 13.4. The van der Waals surface area contributed by atoms with Gasteiger partial charge in [0.2, 0.25) is 0 Å². The molecule has 120 valence electrons. The SMILES string of the molecule is COc1ccc(NC(=O)N2CC[C@]3(CCCNC3)C2)c(C)c1. The minimum absolute atomic E-state index is 0.00992. The summed E-state index contributed by atoms with van der Waals surface area (Å²) in [5, 5.41) is 6.51. The van der Waals surface area contributed by atoms with Gasteiger partial charge in [-0.15, -0.1) is 0 Å². The lowest BCUT2D eigenvalue weighted by Crippen LogP contribution is -2.43. The highest BCUT2D eigenvalue weighted by Crippen LogP contribution is 2.36. The first-order valence-corrected chi connectivity index (χ1v) is 8.03. The normalized spacial score (nSPS) is 24.5. The van der Waals surface area contributed by atoms with E-state index < -0.39 is 0 Å². The maximum Gasteiger partial charge on any atom is 0.321 e. The van der Waals surface area contributed by atoms with Crippen LogP contribution in [0.15, 0.2) is 18.2 Å². The molecule has 2 amide bonds. The Kier molecular flexibility index (Phi) is 4.25. The number of likely N-dealkylation sites (tertiary alicyclic amines) is 1. The molecule has 2 aliphatic heterocycles. The number of nitrogens with one attached hydrogen (secondary N) is 2. The quantitative estimate of drug-likeness (QED) is 0.883. The molecule has 5 heteroatoms. The molecule has 1 aromatic rings. The van der Waals surface area contributed by atoms with Crippen LogP contribution in [0.5, 0.6) is 5.75 Å². The van der Waals surface area contributed by atoms with Crippen LogP contribution in [-0.2, 0) is 0 Å². The zero-order valence-corrected chi connectivity index (χ0v) is 13.4. The number of carbonyl (C=O) groups is 1. The Labute approximate surface area is 132 Å². The summed E-state index contributed by atoms with van der Waals surface area (Å²) in [7, 11) is 1.65. The fraction of sp³-hybridized carbons (Fsp3) is 0.588. The lowest BCUT2D eigenvalue weighted by molar-refractivity contribution is 0.195. The van der Waals surface area contributed by atoms with Crippen LogP contribution in [0.2, 0.25) is 0 Å². The largest absolute Gasteiger partial charge is 0.497 e. The topological polar surface area (TPSA) is 53.6 Å². The summed E-state index contributed by atoms with van der Waals surface area (Å²) < 4.78 is 5.20. The molecule has 2 N–H and O–H groups in total. The third kappa shape index (κ3) is 3.04. The molecule has 0 saturated carbocycles. The van der Waals surface area contributed by atoms with E-state index in [4.69, 9.17) is 4.74 Å². The van der Waals surface area contributed by atoms with Crippen LogP contribution in [0.1, 0.15) is 24.8 Å². The van der Waals surface area contributed by atoms with Gasteiger partial charge in [-0.2, -0.15) is 0 Å². The monoisotopic (exact) mass is 303 g/mol. The molecule has 0 radical (unpaired) electrons. The summed E-state index contributed by atoms with van der Waals surface area (Å²) in [5.41, 5.74) is 2.17. The van der Waals surface area contributed by atoms with Gasteiger partial charge in [0.05, 0.1) is 7.11 Å². The molecule has 1 atom stereocenters. The second-order valence-electron chi connectivity index (χ2n) is 6.56. The summed E-state index contributed by atoms with van der Waals surface area (Å²) in [6.07, 6.45) is 3.55. The molecular weight excluding hydrogens is 278 g/mol. The Balaban J connectivity index is 1.63. The summed E-state index contributed by atoms with van der Waals surface area (Å²) in [5.74, 6) is 0.809. The number of piperidine rings is 1. The van der Waals surface area contributed by atoms with E-state index in [0.717, 1.165) is 49.6 Å². The Morgan fingerprint density at radius 3 is 2.95 bits per heavy atom. The summed E-state index contributed by atoms with van der Waals surface area (Å²) in [4.78, 5) is 14.5. The van der Waals surface area contributed by atoms with Crippen LogP contribution in [-0.4, -0.2) is 44.2 Å². The predicted octanol–water partition coefficient (Wildman–Crippen LogP) is 2.61. The number of methoxy groups -OCH3 is 1. The van der Waals surface area contributed by atoms with Crippen LogP contribution in [0.3, 0.4) is 0 Å². The number of ether oxygens (including phenoxy) is 1. The van der Waals surface area contributed by atoms with E-state index in [1.54, 1.807) is 7.11 Å². The van der Waals surface area contributed by atoms with Crippen molar-refractivity contribution in [1.29, 1.82) is 0 Å². The smallest absolute Gasteiger partial charge is 0.321 e. The van der Waals surface area contributed by atoms with E-state index in [1.165, 1.54) is 12.8 Å². The number of hydrogen-bond acceptors (Lipinski definition) is 3. The molecule has 5 nitrogen and oxygen atoms in total. The fourth-order valence-corrected chi connectivity index (χ4v) is 3.58. The van der Waals surface area contributed by atoms with Crippen molar-refractivity contribution in [3.63, 3.8) is 0 Å². The molecule has 22 heavy (non-hydrogen) atoms. The lowest BCUT2D eigenvalue weighted by Gasteiger charge is -2.33. The third-order valence-electron chi connectivity index (χ3n) is 4.96. The first-order valence-electron chi connectivity index (χ1n) is 8.03. The van der Waals surface area contributed by atoms with Crippen LogP contribution in [0.4, 0.5) is 10.5 Å². The second kappa shape index (κ2) is 6.16. The van der Waals surface area contributed by atoms with Crippen LogP contribution < -0.4 is 15.4 Å². The van der Waals surface area contributed by atoms with Crippen molar-refractivity contribution in [1.82, 2.24) is 10.2 Å². The highest BCUT2D eigenvalue weighted by Gasteiger charge is 2.40. The van der Waals surface area contributed by atoms with Gasteiger partial charge in [-0.3, -0.25) is 0 Å². The third-order valence-corrected chi connectivity index (χ3v) is 4.96. The lowest BCUT2D eigenvalue weighted by atomic mass is 9.80. The molecule has 2 fully saturated rings. The van der Waals surface area contributed by atoms with Crippen molar-refractivity contribution < 1.29 is 9.53 Å². The summed E-state index contributed by atoms with van der Waals surface area (Å²) >= 11 is 0. The van der Waals surface area contributed by atoms with E-state index in [9.17, 15) is 4.79 Å². The van der Waals surface area contributed by atoms with E-state index in [2.05, 4.69) is 10.6 Å². The molecule has 1 spiro atoms. The van der Waals surface area contributed by atoms with E-state index in [-0.39, 0.29) is 6.03 Å². The van der Waals surface area contributed by atoms with Crippen LogP contribution in [0, 0.1) is 12.3 Å². The van der Waals surface area contributed by atoms with Crippen molar-refractivity contribution >= 4 is 11.7 Å². The number of carbonyl (C=O) groups excluding carboxylic acids is 1. The van der Waals surface area contributed by atoms with Gasteiger partial charge in [-0.25, -0.2) is 4.79 Å². The van der Waals surface area contributed by atoms with Crippen molar-refractivity contribution in [2.75, 3.05) is 38.6 Å². The average Bonchev–Trinajstić information content (AvgIpc) is 2.93. The van der Waals surface area contributed by atoms with Gasteiger partial charge in [0.25, 0.3) is 0 Å². The Hall–Kier alpha value is -1.75. The second-order valence-corrected chi connectivity index (χ2v) is 6.56. The van der Waals surface area contributed by atoms with Gasteiger partial charge in [0, 0.05) is 30.7 Å². The highest BCUT2D eigenvalue weighted by molar-refractivity contribution is 5.90. The van der Waals surface area contributed by atoms with Crippen molar-refractivity contribution in [2.24, 2.45) is 5.41 Å². The number of anilines is 1. The maximum atomic E-state index is 12.5. The number of amides is 2. The molecule has 1 aromatic carbocycles. The molecule has 2 saturated heterocycles. The Morgan fingerprint density at radius 1 is 1.41 bits per heavy atom. The van der Waals surface area contributed by atoms with E-state index in [1.807, 2.05) is 30.0 Å². The van der Waals surface area contributed by atoms with Crippen molar-refractivity contribution in [2.45, 2.75) is 26.2 Å². The number of aryl methyl sites for hydroxylation is 1. The van der Waals surface area contributed by atoms with Crippen LogP contribution in [0.25, 0.3) is 0 Å². The fourth-order valence-electron chi connectivity index (χ4n) is 3.58.